The number of carbonyl (C=O) groups excluding carboxylic acids is 2. The van der Waals surface area contributed by atoms with Gasteiger partial charge in [0.2, 0.25) is 5.91 Å². The zero-order valence-corrected chi connectivity index (χ0v) is 10.8. The van der Waals surface area contributed by atoms with Crippen molar-refractivity contribution in [2.45, 2.75) is 32.7 Å². The summed E-state index contributed by atoms with van der Waals surface area (Å²) in [5.74, 6) is 0.0334. The van der Waals surface area contributed by atoms with Gasteiger partial charge in [-0.3, -0.25) is 9.59 Å². The van der Waals surface area contributed by atoms with Crippen molar-refractivity contribution in [1.29, 1.82) is 0 Å². The fourth-order valence-corrected chi connectivity index (χ4v) is 2.90. The van der Waals surface area contributed by atoms with Gasteiger partial charge in [0.1, 0.15) is 0 Å². The standard InChI is InChI=1S/C12H16N2O2S/c1-7-5-10(8(2)17-7)12(16)14-9-3-4-11(15)13-6-9/h5,9H,3-4,6H2,1-2H3,(H,13,15)(H,14,16). The zero-order chi connectivity index (χ0) is 12.4. The lowest BCUT2D eigenvalue weighted by atomic mass is 10.1. The number of hydrogen-bond donors (Lipinski definition) is 2. The second-order valence-electron chi connectivity index (χ2n) is 4.34. The lowest BCUT2D eigenvalue weighted by Crippen LogP contribution is -2.47. The molecule has 92 valence electrons. The average molecular weight is 252 g/mol. The van der Waals surface area contributed by atoms with Gasteiger partial charge >= 0.3 is 0 Å². The molecule has 0 saturated carbocycles. The maximum Gasteiger partial charge on any atom is 0.252 e. The van der Waals surface area contributed by atoms with Crippen molar-refractivity contribution < 1.29 is 9.59 Å². The lowest BCUT2D eigenvalue weighted by Gasteiger charge is -2.23. The molecule has 1 unspecified atom stereocenters. The van der Waals surface area contributed by atoms with Crippen molar-refractivity contribution in [3.05, 3.63) is 21.4 Å². The Labute approximate surface area is 104 Å². The summed E-state index contributed by atoms with van der Waals surface area (Å²) in [6, 6.07) is 1.97. The molecule has 4 nitrogen and oxygen atoms in total. The maximum absolute atomic E-state index is 12.0. The minimum Gasteiger partial charge on any atom is -0.354 e. The molecule has 0 radical (unpaired) electrons. The SMILES string of the molecule is Cc1cc(C(=O)NC2CCC(=O)NC2)c(C)s1. The molecule has 0 bridgehead atoms. The zero-order valence-electron chi connectivity index (χ0n) is 10.0. The van der Waals surface area contributed by atoms with Crippen molar-refractivity contribution in [1.82, 2.24) is 10.6 Å². The fourth-order valence-electron chi connectivity index (χ4n) is 1.98. The molecule has 1 aromatic rings. The summed E-state index contributed by atoms with van der Waals surface area (Å²) in [4.78, 5) is 25.2. The van der Waals surface area contributed by atoms with E-state index in [-0.39, 0.29) is 17.9 Å². The highest BCUT2D eigenvalue weighted by molar-refractivity contribution is 7.12. The topological polar surface area (TPSA) is 58.2 Å². The first-order chi connectivity index (χ1) is 8.06. The van der Waals surface area contributed by atoms with Crippen LogP contribution in [0.5, 0.6) is 0 Å². The number of amides is 2. The van der Waals surface area contributed by atoms with E-state index in [2.05, 4.69) is 10.6 Å². The Balaban J connectivity index is 1.97. The molecular formula is C12H16N2O2S. The Morgan fingerprint density at radius 2 is 2.29 bits per heavy atom. The van der Waals surface area contributed by atoms with Gasteiger partial charge in [-0.2, -0.15) is 0 Å². The Morgan fingerprint density at radius 1 is 1.53 bits per heavy atom. The van der Waals surface area contributed by atoms with E-state index in [0.717, 1.165) is 21.7 Å². The lowest BCUT2D eigenvalue weighted by molar-refractivity contribution is -0.122. The highest BCUT2D eigenvalue weighted by atomic mass is 32.1. The van der Waals surface area contributed by atoms with E-state index in [1.54, 1.807) is 11.3 Å². The highest BCUT2D eigenvalue weighted by Gasteiger charge is 2.21. The van der Waals surface area contributed by atoms with Crippen molar-refractivity contribution >= 4 is 23.2 Å². The first-order valence-corrected chi connectivity index (χ1v) is 6.52. The molecule has 1 saturated heterocycles. The van der Waals surface area contributed by atoms with Gasteiger partial charge in [-0.25, -0.2) is 0 Å². The van der Waals surface area contributed by atoms with Gasteiger partial charge in [0.05, 0.1) is 5.56 Å². The van der Waals surface area contributed by atoms with Crippen LogP contribution in [-0.2, 0) is 4.79 Å². The molecule has 0 aliphatic carbocycles. The average Bonchev–Trinajstić information content (AvgIpc) is 2.61. The van der Waals surface area contributed by atoms with Crippen LogP contribution in [-0.4, -0.2) is 24.4 Å². The predicted molar refractivity (Wildman–Crippen MR) is 67.3 cm³/mol. The summed E-state index contributed by atoms with van der Waals surface area (Å²) < 4.78 is 0. The molecule has 1 atom stereocenters. The van der Waals surface area contributed by atoms with Gasteiger partial charge in [-0.05, 0) is 26.3 Å². The Hall–Kier alpha value is -1.36. The van der Waals surface area contributed by atoms with E-state index in [9.17, 15) is 9.59 Å². The molecule has 2 amide bonds. The number of piperidine rings is 1. The van der Waals surface area contributed by atoms with Crippen molar-refractivity contribution in [3.63, 3.8) is 0 Å². The predicted octanol–water partition coefficient (Wildman–Crippen LogP) is 1.37. The van der Waals surface area contributed by atoms with Gasteiger partial charge in [-0.1, -0.05) is 0 Å². The summed E-state index contributed by atoms with van der Waals surface area (Å²) in [6.07, 6.45) is 1.21. The molecule has 1 aliphatic rings. The summed E-state index contributed by atoms with van der Waals surface area (Å²) >= 11 is 1.63. The van der Waals surface area contributed by atoms with Crippen LogP contribution >= 0.6 is 11.3 Å². The van der Waals surface area contributed by atoms with Crippen LogP contribution in [0.2, 0.25) is 0 Å². The first-order valence-electron chi connectivity index (χ1n) is 5.71. The number of nitrogens with one attached hydrogen (secondary N) is 2. The molecule has 1 aliphatic heterocycles. The van der Waals surface area contributed by atoms with Crippen molar-refractivity contribution in [2.75, 3.05) is 6.54 Å². The van der Waals surface area contributed by atoms with Crippen LogP contribution in [0.25, 0.3) is 0 Å². The van der Waals surface area contributed by atoms with Crippen LogP contribution in [0.1, 0.15) is 33.0 Å². The van der Waals surface area contributed by atoms with E-state index >= 15 is 0 Å². The van der Waals surface area contributed by atoms with E-state index in [0.29, 0.717) is 13.0 Å². The largest absolute Gasteiger partial charge is 0.354 e. The molecule has 17 heavy (non-hydrogen) atoms. The summed E-state index contributed by atoms with van der Waals surface area (Å²) in [5.41, 5.74) is 0.754. The molecular weight excluding hydrogens is 236 g/mol. The van der Waals surface area contributed by atoms with E-state index in [4.69, 9.17) is 0 Å². The third-order valence-corrected chi connectivity index (χ3v) is 3.85. The van der Waals surface area contributed by atoms with Crippen molar-refractivity contribution in [3.8, 4) is 0 Å². The molecule has 1 fully saturated rings. The quantitative estimate of drug-likeness (QED) is 0.835. The second kappa shape index (κ2) is 4.87. The van der Waals surface area contributed by atoms with Crippen LogP contribution in [0, 0.1) is 13.8 Å². The number of thiophene rings is 1. The molecule has 5 heteroatoms. The molecule has 2 heterocycles. The smallest absolute Gasteiger partial charge is 0.252 e. The van der Waals surface area contributed by atoms with Gasteiger partial charge in [-0.15, -0.1) is 11.3 Å². The van der Waals surface area contributed by atoms with Gasteiger partial charge in [0, 0.05) is 28.8 Å². The highest BCUT2D eigenvalue weighted by Crippen LogP contribution is 2.20. The third kappa shape index (κ3) is 2.85. The number of aryl methyl sites for hydroxylation is 2. The molecule has 1 aromatic heterocycles. The Kier molecular flexibility index (Phi) is 3.47. The van der Waals surface area contributed by atoms with Crippen LogP contribution in [0.4, 0.5) is 0 Å². The normalized spacial score (nSPS) is 19.9. The summed E-state index contributed by atoms with van der Waals surface area (Å²) in [5, 5.41) is 5.72. The van der Waals surface area contributed by atoms with Gasteiger partial charge in [0.25, 0.3) is 5.91 Å². The van der Waals surface area contributed by atoms with Crippen LogP contribution in [0.3, 0.4) is 0 Å². The third-order valence-electron chi connectivity index (χ3n) is 2.89. The minimum atomic E-state index is -0.0343. The van der Waals surface area contributed by atoms with Gasteiger partial charge in [0.15, 0.2) is 0 Å². The Bertz CT molecular complexity index is 443. The van der Waals surface area contributed by atoms with Crippen molar-refractivity contribution in [2.24, 2.45) is 0 Å². The summed E-state index contributed by atoms with van der Waals surface area (Å²) in [6.45, 7) is 4.48. The maximum atomic E-state index is 12.0. The fraction of sp³-hybridized carbons (Fsp3) is 0.500. The van der Waals surface area contributed by atoms with E-state index in [1.165, 1.54) is 0 Å². The summed E-state index contributed by atoms with van der Waals surface area (Å²) in [7, 11) is 0. The molecule has 2 N–H and O–H groups in total. The molecule has 0 spiro atoms. The monoisotopic (exact) mass is 252 g/mol. The minimum absolute atomic E-state index is 0.0343. The first kappa shape index (κ1) is 12.1. The second-order valence-corrected chi connectivity index (χ2v) is 5.80. The molecule has 2 rings (SSSR count). The van der Waals surface area contributed by atoms with E-state index in [1.807, 2.05) is 19.9 Å². The number of carbonyl (C=O) groups is 2. The van der Waals surface area contributed by atoms with E-state index < -0.39 is 0 Å². The molecule has 0 aromatic carbocycles. The number of hydrogen-bond acceptors (Lipinski definition) is 3. The number of rotatable bonds is 2. The van der Waals surface area contributed by atoms with Crippen LogP contribution < -0.4 is 10.6 Å². The van der Waals surface area contributed by atoms with Gasteiger partial charge < -0.3 is 10.6 Å². The van der Waals surface area contributed by atoms with Crippen LogP contribution in [0.15, 0.2) is 6.07 Å². The Morgan fingerprint density at radius 3 is 2.82 bits per heavy atom.